The fraction of sp³-hybridized carbons (Fsp3) is 0.750. The van der Waals surface area contributed by atoms with E-state index in [1.54, 1.807) is 0 Å². The molecule has 0 heterocycles. The molecule has 0 saturated carbocycles. The van der Waals surface area contributed by atoms with Crippen molar-refractivity contribution in [1.82, 2.24) is 0 Å². The molecule has 0 N–H and O–H groups in total. The zero-order valence-electron chi connectivity index (χ0n) is 7.05. The molecular weight excluding hydrogens is 224 g/mol. The van der Waals surface area contributed by atoms with Gasteiger partial charge in [0.1, 0.15) is 0 Å². The molecule has 13 heavy (non-hydrogen) atoms. The van der Waals surface area contributed by atoms with E-state index in [-0.39, 0.29) is 75.5 Å². The van der Waals surface area contributed by atoms with Crippen LogP contribution in [0.25, 0.3) is 0 Å². The van der Waals surface area contributed by atoms with Gasteiger partial charge in [-0.1, -0.05) is 13.8 Å². The predicted molar refractivity (Wildman–Crippen MR) is 58.0 cm³/mol. The molecule has 0 spiro atoms. The first-order valence-corrected chi connectivity index (χ1v) is 3.94. The van der Waals surface area contributed by atoms with Crippen LogP contribution in [-0.4, -0.2) is 87.4 Å². The van der Waals surface area contributed by atoms with Gasteiger partial charge in [0.2, 0.25) is 0 Å². The molecule has 0 aliphatic carbocycles. The first-order chi connectivity index (χ1) is 5.20. The second-order valence-corrected chi connectivity index (χ2v) is 2.35. The van der Waals surface area contributed by atoms with Crippen LogP contribution in [0.4, 0.5) is 0 Å². The monoisotopic (exact) mass is 242 g/mol. The summed E-state index contributed by atoms with van der Waals surface area (Å²) in [5, 5.41) is 0. The molecule has 0 aromatic carbocycles. The van der Waals surface area contributed by atoms with E-state index in [1.165, 1.54) is 0 Å². The number of esters is 2. The van der Waals surface area contributed by atoms with Gasteiger partial charge in [-0.3, -0.25) is 9.59 Å². The van der Waals surface area contributed by atoms with E-state index in [0.29, 0.717) is 12.8 Å². The van der Waals surface area contributed by atoms with E-state index in [4.69, 9.17) is 0 Å². The summed E-state index contributed by atoms with van der Waals surface area (Å²) in [6.07, 6.45) is 2.10. The second kappa shape index (κ2) is 13.7. The molecule has 5 heteroatoms. The van der Waals surface area contributed by atoms with Gasteiger partial charge in [0.25, 0.3) is 0 Å². The van der Waals surface area contributed by atoms with Gasteiger partial charge in [-0.05, 0) is 12.8 Å². The summed E-state index contributed by atoms with van der Waals surface area (Å²) >= 11 is 0. The Bertz CT molecular complexity index is 132. The van der Waals surface area contributed by atoms with Crippen molar-refractivity contribution in [3.63, 3.8) is 0 Å². The van der Waals surface area contributed by atoms with Crippen LogP contribution in [0.15, 0.2) is 0 Å². The van der Waals surface area contributed by atoms with E-state index in [2.05, 4.69) is 4.74 Å². The Morgan fingerprint density at radius 1 is 0.923 bits per heavy atom. The van der Waals surface area contributed by atoms with Crippen molar-refractivity contribution in [2.45, 2.75) is 39.5 Å². The first-order valence-electron chi connectivity index (χ1n) is 3.94. The molecule has 0 saturated heterocycles. The van der Waals surface area contributed by atoms with Gasteiger partial charge in [-0.25, -0.2) is 0 Å². The van der Waals surface area contributed by atoms with E-state index in [1.807, 2.05) is 13.8 Å². The number of rotatable bonds is 4. The van der Waals surface area contributed by atoms with E-state index in [9.17, 15) is 9.59 Å². The SMILES string of the molecule is CCCC(=O)OC(=O)CCC.[CaH2].[CaH2]. The fourth-order valence-corrected chi connectivity index (χ4v) is 0.637. The summed E-state index contributed by atoms with van der Waals surface area (Å²) in [4.78, 5) is 21.4. The Morgan fingerprint density at radius 2 is 1.23 bits per heavy atom. The Kier molecular flexibility index (Phi) is 21.1. The van der Waals surface area contributed by atoms with Crippen molar-refractivity contribution < 1.29 is 14.3 Å². The topological polar surface area (TPSA) is 43.4 Å². The second-order valence-electron chi connectivity index (χ2n) is 2.35. The van der Waals surface area contributed by atoms with Crippen molar-refractivity contribution >= 4 is 87.4 Å². The van der Waals surface area contributed by atoms with Crippen molar-refractivity contribution in [1.29, 1.82) is 0 Å². The maximum atomic E-state index is 10.7. The van der Waals surface area contributed by atoms with Gasteiger partial charge in [0.05, 0.1) is 0 Å². The molecule has 0 amide bonds. The number of hydrogen-bond donors (Lipinski definition) is 0. The summed E-state index contributed by atoms with van der Waals surface area (Å²) in [5.41, 5.74) is 0. The third-order valence-corrected chi connectivity index (χ3v) is 1.14. The van der Waals surface area contributed by atoms with Gasteiger partial charge < -0.3 is 4.74 Å². The van der Waals surface area contributed by atoms with E-state index in [0.717, 1.165) is 12.8 Å². The van der Waals surface area contributed by atoms with E-state index >= 15 is 0 Å². The number of hydrogen-bond acceptors (Lipinski definition) is 3. The molecule has 0 fully saturated rings. The Hall–Kier alpha value is 1.66. The minimum atomic E-state index is -0.411. The van der Waals surface area contributed by atoms with Crippen LogP contribution in [-0.2, 0) is 14.3 Å². The summed E-state index contributed by atoms with van der Waals surface area (Å²) < 4.78 is 4.45. The van der Waals surface area contributed by atoms with Gasteiger partial charge in [0, 0.05) is 12.8 Å². The van der Waals surface area contributed by atoms with Gasteiger partial charge >= 0.3 is 87.4 Å². The molecule has 0 aliphatic rings. The van der Waals surface area contributed by atoms with Crippen LogP contribution in [0.5, 0.6) is 0 Å². The molecule has 0 radical (unpaired) electrons. The zero-order valence-corrected chi connectivity index (χ0v) is 7.05. The van der Waals surface area contributed by atoms with Gasteiger partial charge in [-0.2, -0.15) is 0 Å². The normalized spacial score (nSPS) is 7.85. The van der Waals surface area contributed by atoms with Gasteiger partial charge in [0.15, 0.2) is 0 Å². The number of carbonyl (C=O) groups excluding carboxylic acids is 2. The average molecular weight is 242 g/mol. The van der Waals surface area contributed by atoms with Crippen molar-refractivity contribution in [2.24, 2.45) is 0 Å². The molecular formula is C8H18Ca2O3. The molecule has 0 atom stereocenters. The summed E-state index contributed by atoms with van der Waals surface area (Å²) in [6.45, 7) is 3.73. The fourth-order valence-electron chi connectivity index (χ4n) is 0.637. The Morgan fingerprint density at radius 3 is 1.46 bits per heavy atom. The summed E-state index contributed by atoms with van der Waals surface area (Å²) in [6, 6.07) is 0. The zero-order chi connectivity index (χ0) is 8.69. The molecule has 3 nitrogen and oxygen atoms in total. The molecule has 0 rings (SSSR count). The summed E-state index contributed by atoms with van der Waals surface area (Å²) in [5.74, 6) is -0.822. The average Bonchev–Trinajstić information content (AvgIpc) is 1.87. The third-order valence-electron chi connectivity index (χ3n) is 1.14. The Labute approximate surface area is 139 Å². The van der Waals surface area contributed by atoms with Crippen LogP contribution in [0.2, 0.25) is 0 Å². The molecule has 72 valence electrons. The standard InChI is InChI=1S/C8H14O3.2Ca.4H/c1-3-5-7(9)11-8(10)6-4-2;;;;;;/h3-6H2,1-2H3;;;;;;. The van der Waals surface area contributed by atoms with Crippen LogP contribution in [0.3, 0.4) is 0 Å². The quantitative estimate of drug-likeness (QED) is 0.390. The predicted octanol–water partition coefficient (Wildman–Crippen LogP) is -0.176. The first kappa shape index (κ1) is 20.1. The minimum absolute atomic E-state index is 0. The van der Waals surface area contributed by atoms with Gasteiger partial charge in [-0.15, -0.1) is 0 Å². The molecule has 0 aliphatic heterocycles. The van der Waals surface area contributed by atoms with Crippen LogP contribution < -0.4 is 0 Å². The summed E-state index contributed by atoms with van der Waals surface area (Å²) in [7, 11) is 0. The van der Waals surface area contributed by atoms with Crippen LogP contribution in [0, 0.1) is 0 Å². The van der Waals surface area contributed by atoms with Crippen molar-refractivity contribution in [3.05, 3.63) is 0 Å². The van der Waals surface area contributed by atoms with E-state index < -0.39 is 11.9 Å². The number of ether oxygens (including phenoxy) is 1. The van der Waals surface area contributed by atoms with Crippen molar-refractivity contribution in [3.8, 4) is 0 Å². The molecule has 0 aromatic rings. The Balaban J connectivity index is -0.000000500. The maximum absolute atomic E-state index is 10.7. The molecule has 0 unspecified atom stereocenters. The van der Waals surface area contributed by atoms with Crippen LogP contribution >= 0.6 is 0 Å². The third kappa shape index (κ3) is 13.7. The molecule has 0 aromatic heterocycles. The van der Waals surface area contributed by atoms with Crippen molar-refractivity contribution in [2.75, 3.05) is 0 Å². The van der Waals surface area contributed by atoms with Crippen LogP contribution in [0.1, 0.15) is 39.5 Å². The number of carbonyl (C=O) groups is 2. The molecule has 0 bridgehead atoms.